The minimum atomic E-state index is -3.39. The molecule has 0 aliphatic carbocycles. The third kappa shape index (κ3) is 5.39. The number of thiazole rings is 1. The highest BCUT2D eigenvalue weighted by atomic mass is 32.2. The summed E-state index contributed by atoms with van der Waals surface area (Å²) in [7, 11) is -3.39. The van der Waals surface area contributed by atoms with Crippen LogP contribution in [0.4, 0.5) is 10.1 Å². The monoisotopic (exact) mass is 433 g/mol. The van der Waals surface area contributed by atoms with Crippen LogP contribution in [0.1, 0.15) is 33.9 Å². The van der Waals surface area contributed by atoms with Crippen LogP contribution in [0.15, 0.2) is 48.5 Å². The quantitative estimate of drug-likeness (QED) is 0.612. The molecule has 6 nitrogen and oxygen atoms in total. The van der Waals surface area contributed by atoms with Crippen LogP contribution in [0.3, 0.4) is 0 Å². The van der Waals surface area contributed by atoms with Gasteiger partial charge in [0.2, 0.25) is 10.0 Å². The van der Waals surface area contributed by atoms with E-state index in [9.17, 15) is 17.6 Å². The second kappa shape index (κ2) is 8.30. The van der Waals surface area contributed by atoms with Gasteiger partial charge in [-0.2, -0.15) is 0 Å². The molecular formula is C20H20FN3O3S2. The minimum absolute atomic E-state index is 0.276. The molecule has 1 heterocycles. The lowest BCUT2D eigenvalue weighted by atomic mass is 10.1. The van der Waals surface area contributed by atoms with E-state index < -0.39 is 10.0 Å². The molecule has 3 aromatic rings. The number of halogens is 1. The van der Waals surface area contributed by atoms with Gasteiger partial charge in [0.25, 0.3) is 5.91 Å². The van der Waals surface area contributed by atoms with Crippen molar-refractivity contribution in [1.29, 1.82) is 0 Å². The van der Waals surface area contributed by atoms with E-state index in [0.717, 1.165) is 17.4 Å². The van der Waals surface area contributed by atoms with Crippen LogP contribution < -0.4 is 10.0 Å². The average molecular weight is 434 g/mol. The van der Waals surface area contributed by atoms with Crippen molar-refractivity contribution in [2.24, 2.45) is 0 Å². The number of sulfonamides is 1. The van der Waals surface area contributed by atoms with E-state index in [4.69, 9.17) is 0 Å². The predicted molar refractivity (Wildman–Crippen MR) is 113 cm³/mol. The molecule has 0 saturated carbocycles. The molecule has 1 aromatic heterocycles. The number of carbonyl (C=O) groups is 1. The molecular weight excluding hydrogens is 413 g/mol. The standard InChI is InChI=1S/C20H20FN3O3S2/c1-12(15-5-4-6-17(11-15)24-29(3,26)27)22-19(25)18-13(2)23-20(28-18)14-7-9-16(21)10-8-14/h4-12,24H,1-3H3,(H,22,25). The Balaban J connectivity index is 1.76. The Bertz CT molecular complexity index is 1140. The average Bonchev–Trinajstić information content (AvgIpc) is 3.03. The van der Waals surface area contributed by atoms with Crippen molar-refractivity contribution in [2.45, 2.75) is 19.9 Å². The van der Waals surface area contributed by atoms with Crippen molar-refractivity contribution in [1.82, 2.24) is 10.3 Å². The van der Waals surface area contributed by atoms with E-state index in [0.29, 0.717) is 21.3 Å². The van der Waals surface area contributed by atoms with Crippen LogP contribution in [0.2, 0.25) is 0 Å². The van der Waals surface area contributed by atoms with E-state index in [1.807, 2.05) is 13.0 Å². The first kappa shape index (κ1) is 20.9. The number of hydrogen-bond donors (Lipinski definition) is 2. The molecule has 0 aliphatic heterocycles. The van der Waals surface area contributed by atoms with E-state index in [2.05, 4.69) is 15.0 Å². The summed E-state index contributed by atoms with van der Waals surface area (Å²) >= 11 is 1.24. The Hall–Kier alpha value is -2.78. The molecule has 1 amide bonds. The molecule has 0 aliphatic rings. The topological polar surface area (TPSA) is 88.2 Å². The first-order chi connectivity index (χ1) is 13.6. The highest BCUT2D eigenvalue weighted by Gasteiger charge is 2.19. The number of aromatic nitrogens is 1. The largest absolute Gasteiger partial charge is 0.345 e. The number of benzene rings is 2. The number of nitrogens with one attached hydrogen (secondary N) is 2. The molecule has 1 atom stereocenters. The van der Waals surface area contributed by atoms with Crippen molar-refractivity contribution in [3.63, 3.8) is 0 Å². The molecule has 0 saturated heterocycles. The second-order valence-corrected chi connectivity index (χ2v) is 9.38. The summed E-state index contributed by atoms with van der Waals surface area (Å²) in [5.74, 6) is -0.608. The van der Waals surface area contributed by atoms with Crippen LogP contribution >= 0.6 is 11.3 Å². The zero-order valence-electron chi connectivity index (χ0n) is 16.1. The Labute approximate surface area is 172 Å². The molecule has 2 aromatic carbocycles. The fraction of sp³-hybridized carbons (Fsp3) is 0.200. The Morgan fingerprint density at radius 1 is 1.17 bits per heavy atom. The lowest BCUT2D eigenvalue weighted by molar-refractivity contribution is 0.0943. The van der Waals surface area contributed by atoms with Gasteiger partial charge in [0.15, 0.2) is 0 Å². The van der Waals surface area contributed by atoms with Crippen molar-refractivity contribution < 1.29 is 17.6 Å². The summed E-state index contributed by atoms with van der Waals surface area (Å²) in [4.78, 5) is 17.6. The third-order valence-electron chi connectivity index (χ3n) is 4.13. The fourth-order valence-corrected chi connectivity index (χ4v) is 4.28. The molecule has 29 heavy (non-hydrogen) atoms. The second-order valence-electron chi connectivity index (χ2n) is 6.64. The Kier molecular flexibility index (Phi) is 5.99. The maximum absolute atomic E-state index is 13.1. The Morgan fingerprint density at radius 3 is 2.52 bits per heavy atom. The normalized spacial score (nSPS) is 12.4. The fourth-order valence-electron chi connectivity index (χ4n) is 2.75. The summed E-state index contributed by atoms with van der Waals surface area (Å²) in [6.45, 7) is 3.56. The van der Waals surface area contributed by atoms with Gasteiger partial charge in [0.1, 0.15) is 15.7 Å². The number of anilines is 1. The number of aryl methyl sites for hydroxylation is 1. The van der Waals surface area contributed by atoms with Crippen LogP contribution in [-0.2, 0) is 10.0 Å². The van der Waals surface area contributed by atoms with Gasteiger partial charge >= 0.3 is 0 Å². The molecule has 152 valence electrons. The minimum Gasteiger partial charge on any atom is -0.345 e. The molecule has 1 unspecified atom stereocenters. The number of amides is 1. The van der Waals surface area contributed by atoms with Gasteiger partial charge in [-0.25, -0.2) is 17.8 Å². The molecule has 0 fully saturated rings. The zero-order valence-corrected chi connectivity index (χ0v) is 17.7. The molecule has 3 rings (SSSR count). The van der Waals surface area contributed by atoms with Crippen LogP contribution in [0, 0.1) is 12.7 Å². The summed E-state index contributed by atoms with van der Waals surface area (Å²) in [6, 6.07) is 12.4. The highest BCUT2D eigenvalue weighted by molar-refractivity contribution is 7.92. The first-order valence-corrected chi connectivity index (χ1v) is 11.4. The van der Waals surface area contributed by atoms with Crippen LogP contribution in [0.5, 0.6) is 0 Å². The van der Waals surface area contributed by atoms with Crippen LogP contribution in [0.25, 0.3) is 10.6 Å². The van der Waals surface area contributed by atoms with Crippen molar-refractivity contribution in [3.05, 3.63) is 70.5 Å². The summed E-state index contributed by atoms with van der Waals surface area (Å²) in [5.41, 5.74) is 2.52. The molecule has 0 bridgehead atoms. The van der Waals surface area contributed by atoms with Crippen molar-refractivity contribution in [3.8, 4) is 10.6 Å². The predicted octanol–water partition coefficient (Wildman–Crippen LogP) is 4.12. The Morgan fingerprint density at radius 2 is 1.86 bits per heavy atom. The molecule has 0 spiro atoms. The van der Waals surface area contributed by atoms with Gasteiger partial charge < -0.3 is 5.32 Å². The van der Waals surface area contributed by atoms with Gasteiger partial charge in [0, 0.05) is 11.3 Å². The summed E-state index contributed by atoms with van der Waals surface area (Å²) in [6.07, 6.45) is 1.08. The molecule has 0 radical (unpaired) electrons. The number of nitrogens with zero attached hydrogens (tertiary/aromatic N) is 1. The van der Waals surface area contributed by atoms with Gasteiger partial charge in [-0.3, -0.25) is 9.52 Å². The number of carbonyl (C=O) groups excluding carboxylic acids is 1. The van der Waals surface area contributed by atoms with E-state index >= 15 is 0 Å². The summed E-state index contributed by atoms with van der Waals surface area (Å²) in [5, 5.41) is 3.55. The third-order valence-corrected chi connectivity index (χ3v) is 5.94. The van der Waals surface area contributed by atoms with E-state index in [1.165, 1.54) is 23.5 Å². The number of rotatable bonds is 6. The van der Waals surface area contributed by atoms with Crippen molar-refractivity contribution in [2.75, 3.05) is 11.0 Å². The first-order valence-electron chi connectivity index (χ1n) is 8.74. The van der Waals surface area contributed by atoms with Gasteiger partial charge in [-0.1, -0.05) is 12.1 Å². The number of hydrogen-bond acceptors (Lipinski definition) is 5. The smallest absolute Gasteiger partial charge is 0.263 e. The summed E-state index contributed by atoms with van der Waals surface area (Å²) < 4.78 is 38.4. The van der Waals surface area contributed by atoms with E-state index in [1.54, 1.807) is 37.3 Å². The molecule has 9 heteroatoms. The van der Waals surface area contributed by atoms with E-state index in [-0.39, 0.29) is 17.8 Å². The van der Waals surface area contributed by atoms with Crippen molar-refractivity contribution >= 4 is 33.0 Å². The molecule has 2 N–H and O–H groups in total. The van der Waals surface area contributed by atoms with Gasteiger partial charge in [-0.05, 0) is 55.8 Å². The lowest BCUT2D eigenvalue weighted by Crippen LogP contribution is -2.26. The zero-order chi connectivity index (χ0) is 21.2. The maximum Gasteiger partial charge on any atom is 0.263 e. The van der Waals surface area contributed by atoms with Gasteiger partial charge in [-0.15, -0.1) is 11.3 Å². The highest BCUT2D eigenvalue weighted by Crippen LogP contribution is 2.28. The maximum atomic E-state index is 13.1. The van der Waals surface area contributed by atoms with Crippen LogP contribution in [-0.4, -0.2) is 25.6 Å². The van der Waals surface area contributed by atoms with Gasteiger partial charge in [0.05, 0.1) is 18.0 Å². The lowest BCUT2D eigenvalue weighted by Gasteiger charge is -2.15. The SMILES string of the molecule is Cc1nc(-c2ccc(F)cc2)sc1C(=O)NC(C)c1cccc(NS(C)(=O)=O)c1.